The maximum atomic E-state index is 14.8. The van der Waals surface area contributed by atoms with Crippen molar-refractivity contribution in [3.05, 3.63) is 59.8 Å². The number of nitrogens with zero attached hydrogens (tertiary/aromatic N) is 5. The zero-order valence-corrected chi connectivity index (χ0v) is 19.0. The molecule has 1 saturated heterocycles. The fraction of sp³-hybridized carbons (Fsp3) is 0.375. The molecule has 0 aliphatic carbocycles. The summed E-state index contributed by atoms with van der Waals surface area (Å²) in [7, 11) is 0. The second-order valence-electron chi connectivity index (χ2n) is 8.70. The van der Waals surface area contributed by atoms with Gasteiger partial charge in [-0.2, -0.15) is 4.98 Å². The molecule has 3 unspecified atom stereocenters. The van der Waals surface area contributed by atoms with Gasteiger partial charge in [-0.1, -0.05) is 18.2 Å². The topological polar surface area (TPSA) is 67.6 Å². The van der Waals surface area contributed by atoms with Crippen LogP contribution in [0.3, 0.4) is 0 Å². The second kappa shape index (κ2) is 8.75. The molecule has 1 aliphatic heterocycles. The molecule has 3 aromatic heterocycles. The first-order valence-corrected chi connectivity index (χ1v) is 11.2. The van der Waals surface area contributed by atoms with Crippen molar-refractivity contribution in [1.29, 1.82) is 0 Å². The van der Waals surface area contributed by atoms with Crippen LogP contribution in [0.5, 0.6) is 0 Å². The fourth-order valence-corrected chi connectivity index (χ4v) is 4.55. The van der Waals surface area contributed by atoms with Gasteiger partial charge in [0, 0.05) is 36.4 Å². The van der Waals surface area contributed by atoms with Crippen LogP contribution in [0.25, 0.3) is 16.7 Å². The lowest BCUT2D eigenvalue weighted by molar-refractivity contribution is -0.00545. The highest BCUT2D eigenvalue weighted by Crippen LogP contribution is 2.32. The zero-order valence-electron chi connectivity index (χ0n) is 19.0. The number of ether oxygens (including phenoxy) is 1. The van der Waals surface area contributed by atoms with E-state index >= 15 is 0 Å². The second-order valence-corrected chi connectivity index (χ2v) is 8.70. The zero-order chi connectivity index (χ0) is 24.0. The first kappa shape index (κ1) is 22.4. The van der Waals surface area contributed by atoms with Crippen molar-refractivity contribution < 1.29 is 17.9 Å². The lowest BCUT2D eigenvalue weighted by Crippen LogP contribution is -2.45. The maximum absolute atomic E-state index is 14.8. The van der Waals surface area contributed by atoms with Crippen LogP contribution in [0.2, 0.25) is 0 Å². The van der Waals surface area contributed by atoms with Crippen molar-refractivity contribution in [1.82, 2.24) is 19.4 Å². The monoisotopic (exact) mass is 470 g/mol. The molecule has 0 saturated carbocycles. The molecular weight excluding hydrogens is 445 g/mol. The van der Waals surface area contributed by atoms with Crippen molar-refractivity contribution in [3.8, 4) is 0 Å². The summed E-state index contributed by atoms with van der Waals surface area (Å²) in [6.45, 7) is 7.17. The third kappa shape index (κ3) is 4.02. The summed E-state index contributed by atoms with van der Waals surface area (Å²) in [6, 6.07) is 5.35. The van der Waals surface area contributed by atoms with Gasteiger partial charge in [0.05, 0.1) is 35.5 Å². The van der Waals surface area contributed by atoms with Gasteiger partial charge in [-0.05, 0) is 26.8 Å². The van der Waals surface area contributed by atoms with Crippen LogP contribution in [0, 0.1) is 5.82 Å². The highest BCUT2D eigenvalue weighted by Gasteiger charge is 2.25. The van der Waals surface area contributed by atoms with E-state index in [9.17, 15) is 13.2 Å². The van der Waals surface area contributed by atoms with E-state index in [0.717, 1.165) is 22.8 Å². The number of hydrogen-bond donors (Lipinski definition) is 1. The van der Waals surface area contributed by atoms with Crippen LogP contribution < -0.4 is 10.2 Å². The Labute approximate surface area is 194 Å². The number of benzene rings is 1. The summed E-state index contributed by atoms with van der Waals surface area (Å²) in [5, 5.41) is 3.98. The number of imidazole rings is 1. The lowest BCUT2D eigenvalue weighted by Gasteiger charge is -2.36. The number of morpholine rings is 1. The Bertz CT molecular complexity index is 1330. The molecule has 34 heavy (non-hydrogen) atoms. The average Bonchev–Trinajstić information content (AvgIpc) is 3.26. The quantitative estimate of drug-likeness (QED) is 0.436. The Kier molecular flexibility index (Phi) is 5.76. The smallest absolute Gasteiger partial charge is 0.266 e. The minimum Gasteiger partial charge on any atom is -0.372 e. The van der Waals surface area contributed by atoms with E-state index in [1.165, 1.54) is 12.1 Å². The van der Waals surface area contributed by atoms with E-state index in [-0.39, 0.29) is 17.8 Å². The van der Waals surface area contributed by atoms with E-state index in [1.54, 1.807) is 25.5 Å². The van der Waals surface area contributed by atoms with Crippen molar-refractivity contribution in [3.63, 3.8) is 0 Å². The SMILES string of the molecule is CC1CN(c2cc3c(NC(C)c4cccc(C(F)F)c4F)nc4nccn4c3cn2)CC(C)O1. The molecule has 0 bridgehead atoms. The molecule has 0 spiro atoms. The van der Waals surface area contributed by atoms with Crippen molar-refractivity contribution >= 4 is 28.3 Å². The summed E-state index contributed by atoms with van der Waals surface area (Å²) in [6.07, 6.45) is 2.44. The molecule has 4 aromatic rings. The molecule has 178 valence electrons. The van der Waals surface area contributed by atoms with Crippen LogP contribution in [0.4, 0.5) is 24.8 Å². The first-order valence-electron chi connectivity index (χ1n) is 11.2. The van der Waals surface area contributed by atoms with E-state index in [1.807, 2.05) is 24.3 Å². The summed E-state index contributed by atoms with van der Waals surface area (Å²) in [5.41, 5.74) is 0.299. The van der Waals surface area contributed by atoms with Gasteiger partial charge in [-0.3, -0.25) is 4.40 Å². The summed E-state index contributed by atoms with van der Waals surface area (Å²) in [5.74, 6) is 0.785. The predicted octanol–water partition coefficient (Wildman–Crippen LogP) is 5.14. The molecule has 1 N–H and O–H groups in total. The minimum absolute atomic E-state index is 0.0678. The Balaban J connectivity index is 1.57. The molecule has 0 amide bonds. The maximum Gasteiger partial charge on any atom is 0.266 e. The standard InChI is InChI=1S/C24H25F3N6O/c1-13-11-32(12-14(2)34-13)20-9-18-19(10-29-20)33-8-7-28-24(33)31-23(18)30-15(3)16-5-4-6-17(21(16)25)22(26)27/h4-10,13-15,22H,11-12H2,1-3H3,(H,28,30,31). The van der Waals surface area contributed by atoms with Crippen LogP contribution >= 0.6 is 0 Å². The number of alkyl halides is 2. The van der Waals surface area contributed by atoms with Crippen molar-refractivity contribution in [2.75, 3.05) is 23.3 Å². The van der Waals surface area contributed by atoms with E-state index in [4.69, 9.17) is 4.74 Å². The molecule has 5 rings (SSSR count). The van der Waals surface area contributed by atoms with Crippen LogP contribution in [-0.2, 0) is 4.74 Å². The van der Waals surface area contributed by atoms with Gasteiger partial charge < -0.3 is 15.0 Å². The largest absolute Gasteiger partial charge is 0.372 e. The number of halogens is 3. The molecule has 1 aromatic carbocycles. The number of aromatic nitrogens is 4. The number of fused-ring (bicyclic) bond motifs is 3. The van der Waals surface area contributed by atoms with Gasteiger partial charge in [-0.25, -0.2) is 23.1 Å². The minimum atomic E-state index is -2.89. The number of rotatable bonds is 5. The lowest BCUT2D eigenvalue weighted by atomic mass is 10.0. The average molecular weight is 470 g/mol. The Morgan fingerprint density at radius 3 is 2.59 bits per heavy atom. The highest BCUT2D eigenvalue weighted by atomic mass is 19.3. The van der Waals surface area contributed by atoms with Crippen LogP contribution in [0.15, 0.2) is 42.9 Å². The normalized spacial score (nSPS) is 19.8. The molecule has 4 heterocycles. The third-order valence-corrected chi connectivity index (χ3v) is 6.07. The Hall–Kier alpha value is -3.40. The summed E-state index contributed by atoms with van der Waals surface area (Å²) in [4.78, 5) is 15.7. The highest BCUT2D eigenvalue weighted by molar-refractivity contribution is 5.92. The first-order chi connectivity index (χ1) is 16.3. The van der Waals surface area contributed by atoms with Crippen LogP contribution in [-0.4, -0.2) is 44.7 Å². The third-order valence-electron chi connectivity index (χ3n) is 6.07. The molecular formula is C24H25F3N6O. The van der Waals surface area contributed by atoms with Gasteiger partial charge in [-0.15, -0.1) is 0 Å². The number of hydrogen-bond acceptors (Lipinski definition) is 6. The number of nitrogens with one attached hydrogen (secondary N) is 1. The predicted molar refractivity (Wildman–Crippen MR) is 124 cm³/mol. The molecule has 1 fully saturated rings. The summed E-state index contributed by atoms with van der Waals surface area (Å²) < 4.78 is 48.9. The van der Waals surface area contributed by atoms with Gasteiger partial charge in [0.2, 0.25) is 5.78 Å². The fourth-order valence-electron chi connectivity index (χ4n) is 4.55. The molecule has 7 nitrogen and oxygen atoms in total. The van der Waals surface area contributed by atoms with Gasteiger partial charge >= 0.3 is 0 Å². The molecule has 10 heteroatoms. The van der Waals surface area contributed by atoms with E-state index < -0.39 is 23.8 Å². The van der Waals surface area contributed by atoms with E-state index in [0.29, 0.717) is 24.7 Å². The Morgan fingerprint density at radius 1 is 1.12 bits per heavy atom. The van der Waals surface area contributed by atoms with Crippen molar-refractivity contribution in [2.24, 2.45) is 0 Å². The van der Waals surface area contributed by atoms with E-state index in [2.05, 4.69) is 25.2 Å². The molecule has 3 atom stereocenters. The van der Waals surface area contributed by atoms with Gasteiger partial charge in [0.1, 0.15) is 17.5 Å². The summed E-state index contributed by atoms with van der Waals surface area (Å²) >= 11 is 0. The van der Waals surface area contributed by atoms with Crippen molar-refractivity contribution in [2.45, 2.75) is 45.4 Å². The van der Waals surface area contributed by atoms with Gasteiger partial charge in [0.25, 0.3) is 6.43 Å². The molecule has 1 aliphatic rings. The number of pyridine rings is 1. The molecule has 0 radical (unpaired) electrons. The van der Waals surface area contributed by atoms with Gasteiger partial charge in [0.15, 0.2) is 0 Å². The Morgan fingerprint density at radius 2 is 1.85 bits per heavy atom. The van der Waals surface area contributed by atoms with Crippen LogP contribution in [0.1, 0.15) is 44.4 Å². The number of anilines is 2.